The van der Waals surface area contributed by atoms with Gasteiger partial charge in [0.25, 0.3) is 5.91 Å². The smallest absolute Gasteiger partial charge is 0.262 e. The summed E-state index contributed by atoms with van der Waals surface area (Å²) in [6.07, 6.45) is 0.899. The van der Waals surface area contributed by atoms with Crippen molar-refractivity contribution in [1.82, 2.24) is 0 Å². The highest BCUT2D eigenvalue weighted by Crippen LogP contribution is 2.28. The molecule has 0 aliphatic rings. The lowest BCUT2D eigenvalue weighted by Crippen LogP contribution is -2.20. The number of rotatable bonds is 7. The second-order valence-corrected chi connectivity index (χ2v) is 6.05. The van der Waals surface area contributed by atoms with Gasteiger partial charge in [-0.25, -0.2) is 0 Å². The number of halogens is 2. The molecule has 6 heteroatoms. The zero-order valence-corrected chi connectivity index (χ0v) is 15.0. The molecule has 2 aromatic carbocycles. The number of hydrogen-bond donors (Lipinski definition) is 1. The zero-order chi connectivity index (χ0) is 16.7. The average molecular weight is 399 g/mol. The minimum absolute atomic E-state index is 0.109. The molecule has 0 saturated heterocycles. The van der Waals surface area contributed by atoms with Gasteiger partial charge in [-0.15, -0.1) is 0 Å². The summed E-state index contributed by atoms with van der Waals surface area (Å²) in [6, 6.07) is 12.4. The molecule has 0 unspecified atom stereocenters. The third-order valence-electron chi connectivity index (χ3n) is 2.88. The lowest BCUT2D eigenvalue weighted by Gasteiger charge is -2.12. The van der Waals surface area contributed by atoms with E-state index in [0.717, 1.165) is 6.42 Å². The zero-order valence-electron chi connectivity index (χ0n) is 12.6. The number of hydrogen-bond acceptors (Lipinski definition) is 3. The van der Waals surface area contributed by atoms with E-state index in [-0.39, 0.29) is 12.5 Å². The standard InChI is InChI=1S/C17H17BrClNO3/c1-2-9-22-16-6-4-3-5-14(16)20-17(21)11-23-15-8-7-12(19)10-13(15)18/h3-8,10H,2,9,11H2,1H3,(H,20,21). The number of para-hydroxylation sites is 2. The molecule has 122 valence electrons. The van der Waals surface area contributed by atoms with Crippen molar-refractivity contribution >= 4 is 39.1 Å². The summed E-state index contributed by atoms with van der Waals surface area (Å²) in [5.41, 5.74) is 0.629. The Labute approximate surface area is 148 Å². The van der Waals surface area contributed by atoms with Gasteiger partial charge in [0.15, 0.2) is 6.61 Å². The summed E-state index contributed by atoms with van der Waals surface area (Å²) in [5.74, 6) is 0.940. The van der Waals surface area contributed by atoms with Gasteiger partial charge in [0, 0.05) is 5.02 Å². The largest absolute Gasteiger partial charge is 0.491 e. The van der Waals surface area contributed by atoms with Gasteiger partial charge in [-0.3, -0.25) is 4.79 Å². The summed E-state index contributed by atoms with van der Waals surface area (Å²) in [6.45, 7) is 2.52. The molecule has 1 N–H and O–H groups in total. The van der Waals surface area contributed by atoms with Gasteiger partial charge in [0.05, 0.1) is 16.8 Å². The van der Waals surface area contributed by atoms with Gasteiger partial charge >= 0.3 is 0 Å². The van der Waals surface area contributed by atoms with Crippen LogP contribution in [-0.4, -0.2) is 19.1 Å². The maximum atomic E-state index is 12.1. The molecule has 0 atom stereocenters. The first-order valence-corrected chi connectivity index (χ1v) is 8.36. The first-order chi connectivity index (χ1) is 11.1. The average Bonchev–Trinajstić information content (AvgIpc) is 2.53. The van der Waals surface area contributed by atoms with E-state index in [1.165, 1.54) is 0 Å². The number of anilines is 1. The van der Waals surface area contributed by atoms with Gasteiger partial charge in [-0.05, 0) is 52.7 Å². The summed E-state index contributed by atoms with van der Waals surface area (Å²) in [4.78, 5) is 12.1. The van der Waals surface area contributed by atoms with Crippen molar-refractivity contribution in [1.29, 1.82) is 0 Å². The van der Waals surface area contributed by atoms with Gasteiger partial charge in [0.2, 0.25) is 0 Å². The normalized spacial score (nSPS) is 10.2. The molecule has 4 nitrogen and oxygen atoms in total. The second kappa shape index (κ2) is 8.79. The van der Waals surface area contributed by atoms with Crippen LogP contribution >= 0.6 is 27.5 Å². The van der Waals surface area contributed by atoms with Crippen LogP contribution in [0.1, 0.15) is 13.3 Å². The number of amides is 1. The predicted molar refractivity (Wildman–Crippen MR) is 95.5 cm³/mol. The van der Waals surface area contributed by atoms with Crippen LogP contribution in [-0.2, 0) is 4.79 Å². The number of carbonyl (C=O) groups excluding carboxylic acids is 1. The van der Waals surface area contributed by atoms with Gasteiger partial charge < -0.3 is 14.8 Å². The minimum atomic E-state index is -0.264. The van der Waals surface area contributed by atoms with Crippen molar-refractivity contribution in [2.45, 2.75) is 13.3 Å². The monoisotopic (exact) mass is 397 g/mol. The molecule has 0 saturated carbocycles. The third-order valence-corrected chi connectivity index (χ3v) is 3.73. The molecule has 0 heterocycles. The van der Waals surface area contributed by atoms with E-state index >= 15 is 0 Å². The molecule has 0 radical (unpaired) electrons. The minimum Gasteiger partial charge on any atom is -0.491 e. The lowest BCUT2D eigenvalue weighted by molar-refractivity contribution is -0.118. The Morgan fingerprint density at radius 2 is 1.96 bits per heavy atom. The Morgan fingerprint density at radius 1 is 1.17 bits per heavy atom. The highest BCUT2D eigenvalue weighted by molar-refractivity contribution is 9.10. The summed E-state index contributed by atoms with van der Waals surface area (Å²) < 4.78 is 11.8. The number of carbonyl (C=O) groups is 1. The van der Waals surface area contributed by atoms with E-state index in [0.29, 0.717) is 33.3 Å². The lowest BCUT2D eigenvalue weighted by atomic mass is 10.3. The number of ether oxygens (including phenoxy) is 2. The number of nitrogens with one attached hydrogen (secondary N) is 1. The summed E-state index contributed by atoms with van der Waals surface area (Å²) >= 11 is 9.21. The van der Waals surface area contributed by atoms with Crippen LogP contribution < -0.4 is 14.8 Å². The number of benzene rings is 2. The maximum absolute atomic E-state index is 12.1. The molecule has 0 spiro atoms. The molecule has 1 amide bonds. The van der Waals surface area contributed by atoms with Crippen LogP contribution in [0.2, 0.25) is 5.02 Å². The Morgan fingerprint density at radius 3 is 2.70 bits per heavy atom. The molecule has 0 aliphatic carbocycles. The molecule has 23 heavy (non-hydrogen) atoms. The molecular formula is C17H17BrClNO3. The fourth-order valence-corrected chi connectivity index (χ4v) is 2.63. The fraction of sp³-hybridized carbons (Fsp3) is 0.235. The van der Waals surface area contributed by atoms with Gasteiger partial charge in [-0.1, -0.05) is 30.7 Å². The Kier molecular flexibility index (Phi) is 6.74. The molecule has 0 aromatic heterocycles. The fourth-order valence-electron chi connectivity index (χ4n) is 1.83. The van der Waals surface area contributed by atoms with Crippen molar-refractivity contribution in [3.63, 3.8) is 0 Å². The third kappa shape index (κ3) is 5.44. The second-order valence-electron chi connectivity index (χ2n) is 4.76. The van der Waals surface area contributed by atoms with Crippen molar-refractivity contribution in [2.24, 2.45) is 0 Å². The van der Waals surface area contributed by atoms with E-state index in [9.17, 15) is 4.79 Å². The van der Waals surface area contributed by atoms with Crippen molar-refractivity contribution in [2.75, 3.05) is 18.5 Å². The molecule has 2 rings (SSSR count). The van der Waals surface area contributed by atoms with Crippen LogP contribution in [0.5, 0.6) is 11.5 Å². The van der Waals surface area contributed by atoms with E-state index in [4.69, 9.17) is 21.1 Å². The molecule has 0 bridgehead atoms. The van der Waals surface area contributed by atoms with Crippen LogP contribution in [0.3, 0.4) is 0 Å². The van der Waals surface area contributed by atoms with Gasteiger partial charge in [0.1, 0.15) is 11.5 Å². The topological polar surface area (TPSA) is 47.6 Å². The first kappa shape index (κ1) is 17.6. The molecule has 0 fully saturated rings. The Bertz CT molecular complexity index is 679. The Balaban J connectivity index is 1.94. The van der Waals surface area contributed by atoms with Crippen LogP contribution in [0.4, 0.5) is 5.69 Å². The highest BCUT2D eigenvalue weighted by Gasteiger charge is 2.09. The SMILES string of the molecule is CCCOc1ccccc1NC(=O)COc1ccc(Cl)cc1Br. The summed E-state index contributed by atoms with van der Waals surface area (Å²) in [7, 11) is 0. The maximum Gasteiger partial charge on any atom is 0.262 e. The quantitative estimate of drug-likeness (QED) is 0.721. The highest BCUT2D eigenvalue weighted by atomic mass is 79.9. The van der Waals surface area contributed by atoms with Crippen LogP contribution in [0.25, 0.3) is 0 Å². The van der Waals surface area contributed by atoms with Crippen molar-refractivity contribution < 1.29 is 14.3 Å². The van der Waals surface area contributed by atoms with E-state index in [1.807, 2.05) is 25.1 Å². The summed E-state index contributed by atoms with van der Waals surface area (Å²) in [5, 5.41) is 3.38. The van der Waals surface area contributed by atoms with Gasteiger partial charge in [-0.2, -0.15) is 0 Å². The van der Waals surface area contributed by atoms with E-state index in [1.54, 1.807) is 24.3 Å². The van der Waals surface area contributed by atoms with Crippen molar-refractivity contribution in [3.05, 3.63) is 52.0 Å². The van der Waals surface area contributed by atoms with Crippen molar-refractivity contribution in [3.8, 4) is 11.5 Å². The van der Waals surface area contributed by atoms with Crippen LogP contribution in [0.15, 0.2) is 46.9 Å². The van der Waals surface area contributed by atoms with Crippen LogP contribution in [0, 0.1) is 0 Å². The van der Waals surface area contributed by atoms with E-state index < -0.39 is 0 Å². The first-order valence-electron chi connectivity index (χ1n) is 7.19. The molecular weight excluding hydrogens is 382 g/mol. The Hall–Kier alpha value is -1.72. The predicted octanol–water partition coefficient (Wildman–Crippen LogP) is 4.91. The molecule has 0 aliphatic heterocycles. The van der Waals surface area contributed by atoms with E-state index in [2.05, 4.69) is 21.2 Å². The molecule has 2 aromatic rings.